The van der Waals surface area contributed by atoms with Gasteiger partial charge in [-0.25, -0.2) is 0 Å². The van der Waals surface area contributed by atoms with Gasteiger partial charge in [-0.05, 0) is 19.3 Å². The van der Waals surface area contributed by atoms with E-state index in [2.05, 4.69) is 44.0 Å². The molecular formula is C7H9Br2. The van der Waals surface area contributed by atoms with Gasteiger partial charge in [-0.3, -0.25) is 0 Å². The molecule has 0 spiro atoms. The van der Waals surface area contributed by atoms with Crippen molar-refractivity contribution < 1.29 is 0 Å². The van der Waals surface area contributed by atoms with Crippen LogP contribution in [0.2, 0.25) is 0 Å². The SMILES string of the molecule is Br[C]1CCC=CCC1Br. The van der Waals surface area contributed by atoms with Gasteiger partial charge < -0.3 is 0 Å². The van der Waals surface area contributed by atoms with Crippen LogP contribution in [0.4, 0.5) is 0 Å². The van der Waals surface area contributed by atoms with E-state index >= 15 is 0 Å². The smallest absolute Gasteiger partial charge is 0.0552 e. The molecule has 0 aromatic heterocycles. The normalized spacial score (nSPS) is 30.2. The fourth-order valence-corrected chi connectivity index (χ4v) is 1.70. The number of alkyl halides is 1. The van der Waals surface area contributed by atoms with Gasteiger partial charge in [-0.2, -0.15) is 0 Å². The van der Waals surface area contributed by atoms with E-state index in [4.69, 9.17) is 0 Å². The summed E-state index contributed by atoms with van der Waals surface area (Å²) < 4.78 is 0. The van der Waals surface area contributed by atoms with Crippen LogP contribution in [0.5, 0.6) is 0 Å². The van der Waals surface area contributed by atoms with Crippen LogP contribution in [0.25, 0.3) is 0 Å². The lowest BCUT2D eigenvalue weighted by molar-refractivity contribution is 0.892. The van der Waals surface area contributed by atoms with Crippen molar-refractivity contribution in [2.45, 2.75) is 24.1 Å². The third-order valence-electron chi connectivity index (χ3n) is 1.40. The summed E-state index contributed by atoms with van der Waals surface area (Å²) in [5, 5.41) is 0. The van der Waals surface area contributed by atoms with Crippen molar-refractivity contribution in [2.75, 3.05) is 0 Å². The van der Waals surface area contributed by atoms with E-state index in [9.17, 15) is 0 Å². The van der Waals surface area contributed by atoms with Crippen LogP contribution in [0.1, 0.15) is 19.3 Å². The van der Waals surface area contributed by atoms with Crippen molar-refractivity contribution in [3.05, 3.63) is 17.0 Å². The van der Waals surface area contributed by atoms with E-state index < -0.39 is 0 Å². The van der Waals surface area contributed by atoms with Gasteiger partial charge in [0, 0.05) is 4.83 Å². The predicted octanol–water partition coefficient (Wildman–Crippen LogP) is 3.42. The van der Waals surface area contributed by atoms with Crippen molar-refractivity contribution in [2.24, 2.45) is 0 Å². The zero-order chi connectivity index (χ0) is 6.69. The molecule has 1 rings (SSSR count). The highest BCUT2D eigenvalue weighted by atomic mass is 79.9. The average Bonchev–Trinajstić information content (AvgIpc) is 1.99. The Bertz CT molecular complexity index is 109. The molecule has 0 fully saturated rings. The van der Waals surface area contributed by atoms with Crippen LogP contribution in [0.3, 0.4) is 0 Å². The number of rotatable bonds is 0. The molecule has 1 radical (unpaired) electrons. The maximum atomic E-state index is 3.57. The molecule has 0 N–H and O–H groups in total. The van der Waals surface area contributed by atoms with Crippen LogP contribution in [0, 0.1) is 4.83 Å². The first-order chi connectivity index (χ1) is 4.30. The fourth-order valence-electron chi connectivity index (χ4n) is 0.839. The van der Waals surface area contributed by atoms with Crippen molar-refractivity contribution >= 4 is 31.9 Å². The molecule has 1 unspecified atom stereocenters. The molecule has 2 heteroatoms. The summed E-state index contributed by atoms with van der Waals surface area (Å²) in [5.74, 6) is 0. The molecule has 1 aliphatic carbocycles. The summed E-state index contributed by atoms with van der Waals surface area (Å²) in [7, 11) is 0. The van der Waals surface area contributed by atoms with Crippen molar-refractivity contribution in [1.82, 2.24) is 0 Å². The highest BCUT2D eigenvalue weighted by molar-refractivity contribution is 9.13. The highest BCUT2D eigenvalue weighted by Gasteiger charge is 2.15. The molecule has 0 saturated heterocycles. The van der Waals surface area contributed by atoms with Gasteiger partial charge in [0.15, 0.2) is 0 Å². The second kappa shape index (κ2) is 3.77. The van der Waals surface area contributed by atoms with E-state index in [-0.39, 0.29) is 0 Å². The number of hydrogen-bond acceptors (Lipinski definition) is 0. The predicted molar refractivity (Wildman–Crippen MR) is 47.9 cm³/mol. The molecule has 0 aromatic carbocycles. The molecule has 0 heterocycles. The Morgan fingerprint density at radius 3 is 3.00 bits per heavy atom. The zero-order valence-corrected chi connectivity index (χ0v) is 8.28. The van der Waals surface area contributed by atoms with E-state index in [1.54, 1.807) is 0 Å². The van der Waals surface area contributed by atoms with E-state index in [1.165, 1.54) is 17.7 Å². The molecule has 0 amide bonds. The molecule has 1 aliphatic rings. The van der Waals surface area contributed by atoms with Gasteiger partial charge in [0.2, 0.25) is 0 Å². The Labute approximate surface area is 73.0 Å². The van der Waals surface area contributed by atoms with E-state index in [1.807, 2.05) is 0 Å². The summed E-state index contributed by atoms with van der Waals surface area (Å²) in [5.41, 5.74) is 0. The van der Waals surface area contributed by atoms with Crippen LogP contribution in [0.15, 0.2) is 12.2 Å². The fraction of sp³-hybridized carbons (Fsp3) is 0.571. The standard InChI is InChI=1S/C7H9Br2/c8-6-4-2-1-3-5-7(6)9/h1-2,6H,3-5H2. The number of halogens is 2. The molecule has 0 nitrogen and oxygen atoms in total. The summed E-state index contributed by atoms with van der Waals surface area (Å²) in [6.45, 7) is 0. The first-order valence-corrected chi connectivity index (χ1v) is 4.82. The Morgan fingerprint density at radius 2 is 2.22 bits per heavy atom. The van der Waals surface area contributed by atoms with Crippen molar-refractivity contribution in [3.63, 3.8) is 0 Å². The molecule has 9 heavy (non-hydrogen) atoms. The Hall–Kier alpha value is 0.700. The summed E-state index contributed by atoms with van der Waals surface area (Å²) in [4.78, 5) is 1.95. The largest absolute Gasteiger partial charge is 0.0884 e. The maximum absolute atomic E-state index is 3.57. The minimum atomic E-state index is 0.552. The van der Waals surface area contributed by atoms with Gasteiger partial charge in [0.25, 0.3) is 0 Å². The van der Waals surface area contributed by atoms with Crippen LogP contribution >= 0.6 is 31.9 Å². The zero-order valence-electron chi connectivity index (χ0n) is 5.11. The van der Waals surface area contributed by atoms with E-state index in [0.29, 0.717) is 4.83 Å². The molecule has 1 atom stereocenters. The molecule has 0 saturated carbocycles. The topological polar surface area (TPSA) is 0 Å². The molecular weight excluding hydrogens is 244 g/mol. The monoisotopic (exact) mass is 251 g/mol. The molecule has 51 valence electrons. The van der Waals surface area contributed by atoms with Gasteiger partial charge in [-0.15, -0.1) is 0 Å². The van der Waals surface area contributed by atoms with E-state index in [0.717, 1.165) is 6.42 Å². The number of hydrogen-bond donors (Lipinski definition) is 0. The lowest BCUT2D eigenvalue weighted by Gasteiger charge is -2.09. The lowest BCUT2D eigenvalue weighted by Crippen LogP contribution is -2.01. The highest BCUT2D eigenvalue weighted by Crippen LogP contribution is 2.31. The van der Waals surface area contributed by atoms with Crippen LogP contribution in [-0.4, -0.2) is 4.83 Å². The van der Waals surface area contributed by atoms with Gasteiger partial charge in [-0.1, -0.05) is 44.0 Å². The molecule has 0 aromatic rings. The third kappa shape index (κ3) is 2.42. The van der Waals surface area contributed by atoms with Crippen LogP contribution < -0.4 is 0 Å². The lowest BCUT2D eigenvalue weighted by atomic mass is 10.2. The number of allylic oxidation sites excluding steroid dienone is 2. The second-order valence-electron chi connectivity index (χ2n) is 2.16. The van der Waals surface area contributed by atoms with Crippen molar-refractivity contribution in [3.8, 4) is 0 Å². The minimum Gasteiger partial charge on any atom is -0.0884 e. The van der Waals surface area contributed by atoms with Gasteiger partial charge >= 0.3 is 0 Å². The quantitative estimate of drug-likeness (QED) is 0.458. The Kier molecular flexibility index (Phi) is 3.27. The second-order valence-corrected chi connectivity index (χ2v) is 4.28. The maximum Gasteiger partial charge on any atom is 0.0552 e. The summed E-state index contributed by atoms with van der Waals surface area (Å²) in [6.07, 6.45) is 7.95. The third-order valence-corrected chi connectivity index (χ3v) is 3.89. The summed E-state index contributed by atoms with van der Waals surface area (Å²) in [6, 6.07) is 0. The summed E-state index contributed by atoms with van der Waals surface area (Å²) >= 11 is 7.10. The molecule has 0 bridgehead atoms. The Morgan fingerprint density at radius 1 is 1.44 bits per heavy atom. The average molecular weight is 253 g/mol. The van der Waals surface area contributed by atoms with Crippen LogP contribution in [-0.2, 0) is 0 Å². The molecule has 0 aliphatic heterocycles. The minimum absolute atomic E-state index is 0.552. The first kappa shape index (κ1) is 7.80. The van der Waals surface area contributed by atoms with Gasteiger partial charge in [0.05, 0.1) is 4.83 Å². The van der Waals surface area contributed by atoms with Gasteiger partial charge in [0.1, 0.15) is 0 Å². The first-order valence-electron chi connectivity index (χ1n) is 3.11. The Balaban J connectivity index is 2.42. The van der Waals surface area contributed by atoms with Crippen molar-refractivity contribution in [1.29, 1.82) is 0 Å².